The summed E-state index contributed by atoms with van der Waals surface area (Å²) in [6.45, 7) is 8.26. The number of rotatable bonds is 6. The van der Waals surface area contributed by atoms with Gasteiger partial charge in [0.15, 0.2) is 0 Å². The molecule has 1 atom stereocenters. The highest BCUT2D eigenvalue weighted by Crippen LogP contribution is 2.22. The molecule has 4 nitrogen and oxygen atoms in total. The molecule has 0 saturated heterocycles. The number of halogens is 1. The predicted molar refractivity (Wildman–Crippen MR) is 79.0 cm³/mol. The molecule has 2 N–H and O–H groups in total. The van der Waals surface area contributed by atoms with Gasteiger partial charge in [0.05, 0.1) is 17.6 Å². The first-order valence-corrected chi connectivity index (χ1v) is 6.65. The number of hydrogen-bond donors (Lipinski definition) is 1. The van der Waals surface area contributed by atoms with Gasteiger partial charge in [0.25, 0.3) is 0 Å². The number of nitrogens with two attached hydrogens (primary N) is 1. The van der Waals surface area contributed by atoms with Gasteiger partial charge in [-0.05, 0) is 45.9 Å². The highest BCUT2D eigenvalue weighted by Gasteiger charge is 2.16. The van der Waals surface area contributed by atoms with Gasteiger partial charge in [-0.3, -0.25) is 4.57 Å². The van der Waals surface area contributed by atoms with Crippen LogP contribution in [0.5, 0.6) is 6.01 Å². The molecular formula is C15H22FN3O. The summed E-state index contributed by atoms with van der Waals surface area (Å²) in [6, 6.07) is 0.351. The monoisotopic (exact) mass is 279 g/mol. The van der Waals surface area contributed by atoms with E-state index in [2.05, 4.69) is 4.98 Å². The fourth-order valence-electron chi connectivity index (χ4n) is 1.98. The van der Waals surface area contributed by atoms with Crippen LogP contribution in [0.3, 0.4) is 0 Å². The molecule has 1 aromatic heterocycles. The molecule has 5 heteroatoms. The Kier molecular flexibility index (Phi) is 6.18. The first-order valence-electron chi connectivity index (χ1n) is 6.65. The Morgan fingerprint density at radius 3 is 2.80 bits per heavy atom. The average Bonchev–Trinajstić information content (AvgIpc) is 2.71. The van der Waals surface area contributed by atoms with Crippen LogP contribution in [-0.2, 0) is 6.54 Å². The van der Waals surface area contributed by atoms with Crippen molar-refractivity contribution in [1.29, 1.82) is 0 Å². The van der Waals surface area contributed by atoms with Crippen molar-refractivity contribution in [2.45, 2.75) is 40.3 Å². The van der Waals surface area contributed by atoms with E-state index in [9.17, 15) is 4.39 Å². The summed E-state index contributed by atoms with van der Waals surface area (Å²) in [6.07, 6.45) is 7.21. The van der Waals surface area contributed by atoms with Crippen molar-refractivity contribution in [3.05, 3.63) is 47.8 Å². The largest absolute Gasteiger partial charge is 0.433 e. The van der Waals surface area contributed by atoms with Gasteiger partial charge < -0.3 is 10.5 Å². The van der Waals surface area contributed by atoms with Gasteiger partial charge in [-0.15, -0.1) is 0 Å². The van der Waals surface area contributed by atoms with Gasteiger partial charge in [0.1, 0.15) is 5.83 Å². The second-order valence-corrected chi connectivity index (χ2v) is 4.40. The first-order chi connectivity index (χ1) is 9.51. The average molecular weight is 279 g/mol. The summed E-state index contributed by atoms with van der Waals surface area (Å²) in [5.74, 6) is -0.335. The topological polar surface area (TPSA) is 53.1 Å². The molecule has 0 radical (unpaired) electrons. The predicted octanol–water partition coefficient (Wildman–Crippen LogP) is 3.55. The summed E-state index contributed by atoms with van der Waals surface area (Å²) in [5, 5.41) is 0. The summed E-state index contributed by atoms with van der Waals surface area (Å²) in [7, 11) is 0. The van der Waals surface area contributed by atoms with Crippen LogP contribution in [0.4, 0.5) is 4.39 Å². The number of imidazole rings is 1. The molecule has 110 valence electrons. The molecule has 0 bridgehead atoms. The van der Waals surface area contributed by atoms with Crippen molar-refractivity contribution in [1.82, 2.24) is 9.55 Å². The highest BCUT2D eigenvalue weighted by atomic mass is 19.1. The molecule has 0 saturated carbocycles. The van der Waals surface area contributed by atoms with Crippen molar-refractivity contribution in [2.75, 3.05) is 0 Å². The molecule has 0 aromatic carbocycles. The second kappa shape index (κ2) is 7.65. The minimum Gasteiger partial charge on any atom is -0.433 e. The van der Waals surface area contributed by atoms with E-state index in [0.717, 1.165) is 11.4 Å². The lowest BCUT2D eigenvalue weighted by molar-refractivity contribution is 0.407. The van der Waals surface area contributed by atoms with E-state index >= 15 is 0 Å². The van der Waals surface area contributed by atoms with Gasteiger partial charge in [-0.1, -0.05) is 6.08 Å². The zero-order valence-electron chi connectivity index (χ0n) is 12.4. The van der Waals surface area contributed by atoms with Crippen LogP contribution >= 0.6 is 0 Å². The Balaban J connectivity index is 2.86. The van der Waals surface area contributed by atoms with Gasteiger partial charge in [-0.25, -0.2) is 4.39 Å². The molecule has 1 rings (SSSR count). The number of hydrogen-bond acceptors (Lipinski definition) is 3. The molecule has 0 fully saturated rings. The Bertz CT molecular complexity index is 527. The van der Waals surface area contributed by atoms with Crippen LogP contribution in [0.2, 0.25) is 0 Å². The number of aryl methyl sites for hydroxylation is 1. The lowest BCUT2D eigenvalue weighted by atomic mass is 10.2. The van der Waals surface area contributed by atoms with Crippen molar-refractivity contribution >= 4 is 0 Å². The van der Waals surface area contributed by atoms with Gasteiger partial charge >= 0.3 is 6.01 Å². The zero-order chi connectivity index (χ0) is 15.1. The Morgan fingerprint density at radius 2 is 2.25 bits per heavy atom. The Morgan fingerprint density at radius 1 is 1.55 bits per heavy atom. The number of allylic oxidation sites excluding steroid dienone is 5. The normalized spacial score (nSPS) is 14.4. The summed E-state index contributed by atoms with van der Waals surface area (Å²) < 4.78 is 20.4. The van der Waals surface area contributed by atoms with E-state index in [1.54, 1.807) is 13.0 Å². The minimum absolute atomic E-state index is 0.115. The van der Waals surface area contributed by atoms with Crippen LogP contribution in [0.1, 0.15) is 38.2 Å². The fourth-order valence-corrected chi connectivity index (χ4v) is 1.98. The molecule has 0 aliphatic rings. The third-order valence-electron chi connectivity index (χ3n) is 2.74. The van der Waals surface area contributed by atoms with E-state index in [0.29, 0.717) is 12.6 Å². The van der Waals surface area contributed by atoms with Crippen LogP contribution in [0.25, 0.3) is 0 Å². The third-order valence-corrected chi connectivity index (χ3v) is 2.74. The van der Waals surface area contributed by atoms with Gasteiger partial charge in [0, 0.05) is 12.6 Å². The maximum absolute atomic E-state index is 13.1. The van der Waals surface area contributed by atoms with Crippen molar-refractivity contribution < 1.29 is 9.13 Å². The molecule has 0 amide bonds. The molecule has 1 aromatic rings. The fraction of sp³-hybridized carbons (Fsp3) is 0.400. The molecule has 0 spiro atoms. The maximum Gasteiger partial charge on any atom is 0.301 e. The van der Waals surface area contributed by atoms with Crippen LogP contribution in [0.15, 0.2) is 36.4 Å². The van der Waals surface area contributed by atoms with Crippen LogP contribution in [-0.4, -0.2) is 9.55 Å². The molecule has 0 aliphatic heterocycles. The molecule has 1 unspecified atom stereocenters. The summed E-state index contributed by atoms with van der Waals surface area (Å²) in [5.41, 5.74) is 7.73. The van der Waals surface area contributed by atoms with Gasteiger partial charge in [-0.2, -0.15) is 4.98 Å². The third kappa shape index (κ3) is 4.06. The lowest BCUT2D eigenvalue weighted by Gasteiger charge is -2.11. The molecule has 0 aliphatic carbocycles. The second-order valence-electron chi connectivity index (χ2n) is 4.40. The standard InChI is InChI=1S/C15H22FN3O/c1-5-8-13(16)9-7-10-20-15-18-12(4)14(11(3)17)19(15)6-2/h5,7-11H,6,17H2,1-4H3/b8-5-,10-7+,13-9+. The van der Waals surface area contributed by atoms with E-state index in [1.807, 2.05) is 25.3 Å². The van der Waals surface area contributed by atoms with E-state index in [1.165, 1.54) is 24.5 Å². The van der Waals surface area contributed by atoms with E-state index in [-0.39, 0.29) is 11.9 Å². The van der Waals surface area contributed by atoms with Crippen molar-refractivity contribution in [3.63, 3.8) is 0 Å². The SMILES string of the molecule is C\C=C/C(F)=C\C=C\Oc1nc(C)c(C(C)N)n1CC. The molecule has 1 heterocycles. The van der Waals surface area contributed by atoms with E-state index in [4.69, 9.17) is 10.5 Å². The maximum atomic E-state index is 13.1. The smallest absolute Gasteiger partial charge is 0.301 e. The Hall–Kier alpha value is -1.88. The summed E-state index contributed by atoms with van der Waals surface area (Å²) in [4.78, 5) is 4.34. The molecule has 20 heavy (non-hydrogen) atoms. The number of nitrogens with zero attached hydrogens (tertiary/aromatic N) is 2. The number of aromatic nitrogens is 2. The van der Waals surface area contributed by atoms with Crippen molar-refractivity contribution in [3.8, 4) is 6.01 Å². The van der Waals surface area contributed by atoms with Gasteiger partial charge in [0.2, 0.25) is 0 Å². The number of ether oxygens (including phenoxy) is 1. The van der Waals surface area contributed by atoms with Crippen LogP contribution in [0, 0.1) is 6.92 Å². The lowest BCUT2D eigenvalue weighted by Crippen LogP contribution is -2.13. The molecular weight excluding hydrogens is 257 g/mol. The zero-order valence-corrected chi connectivity index (χ0v) is 12.4. The van der Waals surface area contributed by atoms with Crippen molar-refractivity contribution in [2.24, 2.45) is 5.73 Å². The minimum atomic E-state index is -0.335. The Labute approximate surface area is 119 Å². The quantitative estimate of drug-likeness (QED) is 0.640. The van der Waals surface area contributed by atoms with Crippen LogP contribution < -0.4 is 10.5 Å². The summed E-state index contributed by atoms with van der Waals surface area (Å²) >= 11 is 0. The van der Waals surface area contributed by atoms with E-state index < -0.39 is 0 Å². The first kappa shape index (κ1) is 16.2. The highest BCUT2D eigenvalue weighted by molar-refractivity contribution is 5.23.